The van der Waals surface area contributed by atoms with Crippen molar-refractivity contribution in [1.82, 2.24) is 14.7 Å². The first-order chi connectivity index (χ1) is 11.6. The van der Waals surface area contributed by atoms with Crippen LogP contribution in [0.25, 0.3) is 0 Å². The highest BCUT2D eigenvalue weighted by Crippen LogP contribution is 2.16. The van der Waals surface area contributed by atoms with Crippen LogP contribution in [0.15, 0.2) is 29.2 Å². The Morgan fingerprint density at radius 1 is 1.04 bits per heavy atom. The third-order valence-corrected chi connectivity index (χ3v) is 4.88. The second kappa shape index (κ2) is 6.85. The molecule has 9 nitrogen and oxygen atoms in total. The number of aromatic nitrogens is 2. The Morgan fingerprint density at radius 3 is 2.16 bits per heavy atom. The topological polar surface area (TPSA) is 138 Å². The number of carbonyl (C=O) groups excluding carboxylic acids is 1. The summed E-state index contributed by atoms with van der Waals surface area (Å²) in [5, 5.41) is 11.3. The third-order valence-electron chi connectivity index (χ3n) is 3.49. The van der Waals surface area contributed by atoms with Gasteiger partial charge in [0.05, 0.1) is 5.56 Å². The molecule has 1 heterocycles. The van der Waals surface area contributed by atoms with E-state index in [0.717, 1.165) is 17.7 Å². The molecular weight excluding hydrogens is 348 g/mol. The maximum absolute atomic E-state index is 12.3. The van der Waals surface area contributed by atoms with Crippen molar-refractivity contribution in [3.05, 3.63) is 46.8 Å². The van der Waals surface area contributed by atoms with E-state index in [1.165, 1.54) is 12.1 Å². The zero-order valence-corrected chi connectivity index (χ0v) is 14.5. The van der Waals surface area contributed by atoms with E-state index in [1.54, 1.807) is 18.6 Å². The summed E-state index contributed by atoms with van der Waals surface area (Å²) in [7, 11) is -4.38. The molecule has 1 aromatic heterocycles. The summed E-state index contributed by atoms with van der Waals surface area (Å²) in [4.78, 5) is 30.7. The van der Waals surface area contributed by atoms with Gasteiger partial charge in [-0.15, -0.1) is 0 Å². The van der Waals surface area contributed by atoms with Crippen LogP contribution in [0.1, 0.15) is 27.3 Å². The molecule has 0 aliphatic rings. The molecule has 25 heavy (non-hydrogen) atoms. The van der Waals surface area contributed by atoms with Crippen molar-refractivity contribution in [2.75, 3.05) is 5.32 Å². The molecule has 0 atom stereocenters. The van der Waals surface area contributed by atoms with Crippen LogP contribution in [-0.2, 0) is 10.0 Å². The minimum absolute atomic E-state index is 0.0557. The maximum Gasteiger partial charge on any atom is 0.337 e. The summed E-state index contributed by atoms with van der Waals surface area (Å²) in [5.41, 5.74) is 1.69. The number of carboxylic acid groups (broad SMARTS) is 1. The normalized spacial score (nSPS) is 11.0. The minimum atomic E-state index is -4.38. The first kappa shape index (κ1) is 18.3. The molecule has 0 radical (unpaired) electrons. The molecule has 132 valence electrons. The second-order valence-corrected chi connectivity index (χ2v) is 6.85. The van der Waals surface area contributed by atoms with Gasteiger partial charge in [0.2, 0.25) is 5.95 Å². The summed E-state index contributed by atoms with van der Waals surface area (Å²) in [6, 6.07) is 3.87. The number of hydrogen-bond donors (Lipinski definition) is 3. The number of carboxylic acids is 1. The van der Waals surface area contributed by atoms with E-state index in [-0.39, 0.29) is 5.95 Å². The van der Waals surface area contributed by atoms with E-state index >= 15 is 0 Å². The van der Waals surface area contributed by atoms with Gasteiger partial charge < -0.3 is 5.11 Å². The second-order valence-electron chi connectivity index (χ2n) is 5.20. The van der Waals surface area contributed by atoms with Crippen LogP contribution in [0.4, 0.5) is 10.7 Å². The Balaban J connectivity index is 2.24. The maximum atomic E-state index is 12.3. The zero-order valence-electron chi connectivity index (χ0n) is 13.7. The van der Waals surface area contributed by atoms with E-state index in [2.05, 4.69) is 15.3 Å². The summed E-state index contributed by atoms with van der Waals surface area (Å²) in [6.45, 7) is 5.28. The fraction of sp³-hybridized carbons (Fsp3) is 0.200. The summed E-state index contributed by atoms with van der Waals surface area (Å²) < 4.78 is 26.3. The Kier molecular flexibility index (Phi) is 5.02. The molecule has 2 aromatic rings. The number of nitrogens with zero attached hydrogens (tertiary/aromatic N) is 2. The van der Waals surface area contributed by atoms with Crippen LogP contribution in [0.2, 0.25) is 0 Å². The summed E-state index contributed by atoms with van der Waals surface area (Å²) in [6.07, 6.45) is 0. The predicted octanol–water partition coefficient (Wildman–Crippen LogP) is 1.61. The van der Waals surface area contributed by atoms with Crippen molar-refractivity contribution in [3.63, 3.8) is 0 Å². The zero-order chi connectivity index (χ0) is 18.8. The van der Waals surface area contributed by atoms with Gasteiger partial charge in [-0.1, -0.05) is 12.1 Å². The molecule has 10 heteroatoms. The number of aryl methyl sites for hydroxylation is 2. The number of rotatable bonds is 4. The molecule has 2 rings (SSSR count). The monoisotopic (exact) mass is 364 g/mol. The van der Waals surface area contributed by atoms with Gasteiger partial charge in [-0.2, -0.15) is 0 Å². The molecule has 3 N–H and O–H groups in total. The van der Waals surface area contributed by atoms with Crippen LogP contribution >= 0.6 is 0 Å². The molecule has 0 aliphatic carbocycles. The minimum Gasteiger partial charge on any atom is -0.478 e. The van der Waals surface area contributed by atoms with Crippen molar-refractivity contribution in [2.24, 2.45) is 0 Å². The predicted molar refractivity (Wildman–Crippen MR) is 89.0 cm³/mol. The highest BCUT2D eigenvalue weighted by Gasteiger charge is 2.24. The van der Waals surface area contributed by atoms with E-state index in [9.17, 15) is 18.0 Å². The summed E-state index contributed by atoms with van der Waals surface area (Å²) >= 11 is 0. The molecule has 0 unspecified atom stereocenters. The number of anilines is 1. The van der Waals surface area contributed by atoms with Crippen LogP contribution in [0.5, 0.6) is 0 Å². The lowest BCUT2D eigenvalue weighted by Crippen LogP contribution is -2.35. The van der Waals surface area contributed by atoms with Gasteiger partial charge in [-0.3, -0.25) is 5.32 Å². The smallest absolute Gasteiger partial charge is 0.337 e. The van der Waals surface area contributed by atoms with Gasteiger partial charge in [0.25, 0.3) is 10.0 Å². The third kappa shape index (κ3) is 4.10. The van der Waals surface area contributed by atoms with Gasteiger partial charge in [0.15, 0.2) is 0 Å². The Hall–Kier alpha value is -3.01. The molecule has 0 fully saturated rings. The molecule has 0 bridgehead atoms. The molecule has 0 spiro atoms. The van der Waals surface area contributed by atoms with Gasteiger partial charge in [0, 0.05) is 11.4 Å². The lowest BCUT2D eigenvalue weighted by Gasteiger charge is -2.11. The van der Waals surface area contributed by atoms with E-state index in [4.69, 9.17) is 5.11 Å². The molecule has 0 saturated heterocycles. The van der Waals surface area contributed by atoms with Crippen molar-refractivity contribution < 1.29 is 23.1 Å². The van der Waals surface area contributed by atoms with Gasteiger partial charge in [-0.25, -0.2) is 32.7 Å². The Labute approximate surface area is 144 Å². The first-order valence-electron chi connectivity index (χ1n) is 7.10. The molecular formula is C15H16N4O5S. The van der Waals surface area contributed by atoms with Crippen LogP contribution in [-0.4, -0.2) is 35.5 Å². The number of nitrogens with one attached hydrogen (secondary N) is 2. The van der Waals surface area contributed by atoms with Gasteiger partial charge in [-0.05, 0) is 38.5 Å². The van der Waals surface area contributed by atoms with Gasteiger partial charge in [0.1, 0.15) is 4.90 Å². The lowest BCUT2D eigenvalue weighted by atomic mass is 10.2. The van der Waals surface area contributed by atoms with Gasteiger partial charge >= 0.3 is 12.0 Å². The van der Waals surface area contributed by atoms with Crippen LogP contribution < -0.4 is 10.0 Å². The lowest BCUT2D eigenvalue weighted by molar-refractivity contribution is 0.0692. The van der Waals surface area contributed by atoms with Crippen molar-refractivity contribution >= 4 is 28.0 Å². The summed E-state index contributed by atoms with van der Waals surface area (Å²) in [5.74, 6) is -1.48. The fourth-order valence-corrected chi connectivity index (χ4v) is 3.12. The fourth-order valence-electron chi connectivity index (χ4n) is 2.01. The number of carbonyl (C=O) groups is 2. The molecule has 0 saturated carbocycles. The largest absolute Gasteiger partial charge is 0.478 e. The van der Waals surface area contributed by atoms with E-state index in [1.807, 2.05) is 6.92 Å². The highest BCUT2D eigenvalue weighted by molar-refractivity contribution is 7.90. The number of hydrogen-bond acceptors (Lipinski definition) is 6. The van der Waals surface area contributed by atoms with Crippen LogP contribution in [0, 0.1) is 20.8 Å². The van der Waals surface area contributed by atoms with E-state index in [0.29, 0.717) is 11.4 Å². The molecule has 2 amide bonds. The average molecular weight is 364 g/mol. The van der Waals surface area contributed by atoms with E-state index < -0.39 is 32.5 Å². The van der Waals surface area contributed by atoms with Crippen molar-refractivity contribution in [2.45, 2.75) is 25.7 Å². The Bertz CT molecular complexity index is 933. The average Bonchev–Trinajstić information content (AvgIpc) is 2.51. The SMILES string of the molecule is Cc1nc(NC(=O)NS(=O)(=O)c2ccccc2C(=O)O)nc(C)c1C. The number of benzene rings is 1. The molecule has 0 aliphatic heterocycles. The first-order valence-corrected chi connectivity index (χ1v) is 8.58. The number of amides is 2. The van der Waals surface area contributed by atoms with Crippen LogP contribution in [0.3, 0.4) is 0 Å². The number of urea groups is 1. The standard InChI is InChI=1S/C15H16N4O5S/c1-8-9(2)16-14(17-10(8)3)18-15(22)19-25(23,24)12-7-5-4-6-11(12)13(20)21/h4-7H,1-3H3,(H,20,21)(H2,16,17,18,19,22). The Morgan fingerprint density at radius 2 is 1.60 bits per heavy atom. The highest BCUT2D eigenvalue weighted by atomic mass is 32.2. The quantitative estimate of drug-likeness (QED) is 0.749. The number of sulfonamides is 1. The molecule has 1 aromatic carbocycles. The van der Waals surface area contributed by atoms with Crippen molar-refractivity contribution in [1.29, 1.82) is 0 Å². The number of aromatic carboxylic acids is 1. The van der Waals surface area contributed by atoms with Crippen molar-refractivity contribution in [3.8, 4) is 0 Å².